The SMILES string of the molecule is CC(C)(C)N1CC(NC(=O)NCc2ccc(C(=O)O)cc2)CC1=O. The Balaban J connectivity index is 1.82. The summed E-state index contributed by atoms with van der Waals surface area (Å²) < 4.78 is 0. The fraction of sp³-hybridized carbons (Fsp3) is 0.471. The molecule has 7 nitrogen and oxygen atoms in total. The highest BCUT2D eigenvalue weighted by molar-refractivity contribution is 5.87. The molecule has 3 N–H and O–H groups in total. The highest BCUT2D eigenvalue weighted by Gasteiger charge is 2.36. The van der Waals surface area contributed by atoms with Crippen LogP contribution in [-0.2, 0) is 11.3 Å². The van der Waals surface area contributed by atoms with E-state index in [0.29, 0.717) is 13.0 Å². The van der Waals surface area contributed by atoms with E-state index in [1.165, 1.54) is 12.1 Å². The standard InChI is InChI=1S/C17H23N3O4/c1-17(2,3)20-10-13(8-14(20)21)19-16(24)18-9-11-4-6-12(7-5-11)15(22)23/h4-7,13H,8-10H2,1-3H3,(H,22,23)(H2,18,19,24). The third kappa shape index (κ3) is 4.47. The van der Waals surface area contributed by atoms with Crippen molar-refractivity contribution >= 4 is 17.9 Å². The Morgan fingerprint density at radius 3 is 2.38 bits per heavy atom. The van der Waals surface area contributed by atoms with Crippen molar-refractivity contribution in [3.63, 3.8) is 0 Å². The number of hydrogen-bond donors (Lipinski definition) is 3. The van der Waals surface area contributed by atoms with Gasteiger partial charge < -0.3 is 20.6 Å². The molecule has 130 valence electrons. The van der Waals surface area contributed by atoms with Crippen LogP contribution in [0.2, 0.25) is 0 Å². The molecule has 1 heterocycles. The molecule has 1 saturated heterocycles. The lowest BCUT2D eigenvalue weighted by atomic mass is 10.1. The Bertz CT molecular complexity index is 634. The molecule has 1 aromatic rings. The van der Waals surface area contributed by atoms with Gasteiger partial charge in [0.25, 0.3) is 0 Å². The molecular weight excluding hydrogens is 310 g/mol. The van der Waals surface area contributed by atoms with Gasteiger partial charge in [-0.25, -0.2) is 9.59 Å². The largest absolute Gasteiger partial charge is 0.478 e. The number of carboxylic acid groups (broad SMARTS) is 1. The van der Waals surface area contributed by atoms with Gasteiger partial charge in [-0.2, -0.15) is 0 Å². The predicted molar refractivity (Wildman–Crippen MR) is 88.6 cm³/mol. The minimum atomic E-state index is -0.985. The average Bonchev–Trinajstić information content (AvgIpc) is 2.86. The number of nitrogens with zero attached hydrogens (tertiary/aromatic N) is 1. The number of aromatic carboxylic acids is 1. The topological polar surface area (TPSA) is 98.7 Å². The van der Waals surface area contributed by atoms with Crippen LogP contribution in [0.1, 0.15) is 43.1 Å². The predicted octanol–water partition coefficient (Wildman–Crippen LogP) is 1.58. The van der Waals surface area contributed by atoms with E-state index in [2.05, 4.69) is 10.6 Å². The van der Waals surface area contributed by atoms with E-state index in [1.807, 2.05) is 20.8 Å². The number of carbonyl (C=O) groups excluding carboxylic acids is 2. The molecule has 1 aromatic carbocycles. The highest BCUT2D eigenvalue weighted by Crippen LogP contribution is 2.21. The van der Waals surface area contributed by atoms with Crippen LogP contribution in [0.5, 0.6) is 0 Å². The number of hydrogen-bond acceptors (Lipinski definition) is 3. The first-order valence-corrected chi connectivity index (χ1v) is 7.84. The van der Waals surface area contributed by atoms with E-state index in [4.69, 9.17) is 5.11 Å². The summed E-state index contributed by atoms with van der Waals surface area (Å²) in [6, 6.07) is 5.76. The van der Waals surface area contributed by atoms with E-state index in [0.717, 1.165) is 5.56 Å². The lowest BCUT2D eigenvalue weighted by molar-refractivity contribution is -0.131. The molecule has 0 spiro atoms. The zero-order valence-corrected chi connectivity index (χ0v) is 14.1. The Morgan fingerprint density at radius 1 is 1.25 bits per heavy atom. The van der Waals surface area contributed by atoms with E-state index in [-0.39, 0.29) is 35.6 Å². The summed E-state index contributed by atoms with van der Waals surface area (Å²) in [5, 5.41) is 14.4. The summed E-state index contributed by atoms with van der Waals surface area (Å²) >= 11 is 0. The summed E-state index contributed by atoms with van der Waals surface area (Å²) in [7, 11) is 0. The second-order valence-electron chi connectivity index (χ2n) is 6.91. The Labute approximate surface area is 141 Å². The fourth-order valence-corrected chi connectivity index (χ4v) is 2.64. The molecule has 1 atom stereocenters. The van der Waals surface area contributed by atoms with Gasteiger partial charge in [0.1, 0.15) is 0 Å². The number of urea groups is 1. The number of carbonyl (C=O) groups is 3. The molecule has 1 unspecified atom stereocenters. The van der Waals surface area contributed by atoms with Gasteiger partial charge in [0, 0.05) is 25.0 Å². The van der Waals surface area contributed by atoms with Gasteiger partial charge in [-0.15, -0.1) is 0 Å². The monoisotopic (exact) mass is 333 g/mol. The van der Waals surface area contributed by atoms with Crippen LogP contribution in [0, 0.1) is 0 Å². The Hall–Kier alpha value is -2.57. The maximum atomic E-state index is 12.0. The maximum absolute atomic E-state index is 12.0. The smallest absolute Gasteiger partial charge is 0.335 e. The van der Waals surface area contributed by atoms with Gasteiger partial charge in [-0.1, -0.05) is 12.1 Å². The van der Waals surface area contributed by atoms with Crippen LogP contribution in [0.25, 0.3) is 0 Å². The van der Waals surface area contributed by atoms with Crippen molar-refractivity contribution in [3.05, 3.63) is 35.4 Å². The molecule has 0 saturated carbocycles. The van der Waals surface area contributed by atoms with Gasteiger partial charge in [0.15, 0.2) is 0 Å². The molecule has 0 bridgehead atoms. The van der Waals surface area contributed by atoms with E-state index >= 15 is 0 Å². The molecule has 0 aliphatic carbocycles. The Morgan fingerprint density at radius 2 is 1.88 bits per heavy atom. The van der Waals surface area contributed by atoms with E-state index in [1.54, 1.807) is 17.0 Å². The molecule has 0 radical (unpaired) electrons. The lowest BCUT2D eigenvalue weighted by Gasteiger charge is -2.32. The van der Waals surface area contributed by atoms with Crippen LogP contribution in [0.4, 0.5) is 4.79 Å². The van der Waals surface area contributed by atoms with Crippen molar-refractivity contribution in [2.75, 3.05) is 6.54 Å². The third-order valence-electron chi connectivity index (χ3n) is 3.92. The van der Waals surface area contributed by atoms with Crippen molar-refractivity contribution in [1.29, 1.82) is 0 Å². The van der Waals surface area contributed by atoms with Crippen LogP contribution in [-0.4, -0.2) is 46.0 Å². The third-order valence-corrected chi connectivity index (χ3v) is 3.92. The summed E-state index contributed by atoms with van der Waals surface area (Å²) in [5.41, 5.74) is 0.750. The van der Waals surface area contributed by atoms with Crippen molar-refractivity contribution in [2.45, 2.75) is 45.3 Å². The van der Waals surface area contributed by atoms with Crippen molar-refractivity contribution in [2.24, 2.45) is 0 Å². The van der Waals surface area contributed by atoms with Gasteiger partial charge in [0.2, 0.25) is 5.91 Å². The first-order chi connectivity index (χ1) is 11.2. The van der Waals surface area contributed by atoms with Crippen LogP contribution in [0.3, 0.4) is 0 Å². The number of rotatable bonds is 4. The summed E-state index contributed by atoms with van der Waals surface area (Å²) in [5.74, 6) is -0.946. The summed E-state index contributed by atoms with van der Waals surface area (Å²) in [6.45, 7) is 6.69. The fourth-order valence-electron chi connectivity index (χ4n) is 2.64. The minimum Gasteiger partial charge on any atom is -0.478 e. The first kappa shape index (κ1) is 17.8. The molecule has 1 fully saturated rings. The summed E-state index contributed by atoms with van der Waals surface area (Å²) in [6.07, 6.45) is 0.304. The second-order valence-corrected chi connectivity index (χ2v) is 6.91. The molecule has 3 amide bonds. The number of likely N-dealkylation sites (tertiary alicyclic amines) is 1. The molecule has 2 rings (SSSR count). The number of benzene rings is 1. The number of amides is 3. The van der Waals surface area contributed by atoms with E-state index in [9.17, 15) is 14.4 Å². The quantitative estimate of drug-likeness (QED) is 0.779. The van der Waals surface area contributed by atoms with Gasteiger partial charge in [-0.3, -0.25) is 4.79 Å². The number of nitrogens with one attached hydrogen (secondary N) is 2. The van der Waals surface area contributed by atoms with Crippen molar-refractivity contribution < 1.29 is 19.5 Å². The van der Waals surface area contributed by atoms with E-state index < -0.39 is 5.97 Å². The molecule has 24 heavy (non-hydrogen) atoms. The summed E-state index contributed by atoms with van der Waals surface area (Å²) in [4.78, 5) is 36.5. The van der Waals surface area contributed by atoms with Crippen LogP contribution in [0.15, 0.2) is 24.3 Å². The molecule has 0 aromatic heterocycles. The van der Waals surface area contributed by atoms with Crippen molar-refractivity contribution in [3.8, 4) is 0 Å². The zero-order valence-electron chi connectivity index (χ0n) is 14.1. The minimum absolute atomic E-state index is 0.0389. The Kier molecular flexibility index (Phi) is 5.11. The highest BCUT2D eigenvalue weighted by atomic mass is 16.4. The van der Waals surface area contributed by atoms with Gasteiger partial charge >= 0.3 is 12.0 Å². The zero-order chi connectivity index (χ0) is 17.9. The molecule has 1 aliphatic rings. The second kappa shape index (κ2) is 6.90. The lowest BCUT2D eigenvalue weighted by Crippen LogP contribution is -2.46. The normalized spacial score (nSPS) is 17.7. The van der Waals surface area contributed by atoms with Gasteiger partial charge in [0.05, 0.1) is 11.6 Å². The van der Waals surface area contributed by atoms with Crippen LogP contribution < -0.4 is 10.6 Å². The molecule has 7 heteroatoms. The maximum Gasteiger partial charge on any atom is 0.335 e. The van der Waals surface area contributed by atoms with Gasteiger partial charge in [-0.05, 0) is 38.5 Å². The first-order valence-electron chi connectivity index (χ1n) is 7.84. The number of carboxylic acids is 1. The average molecular weight is 333 g/mol. The molecular formula is C17H23N3O4. The van der Waals surface area contributed by atoms with Crippen LogP contribution >= 0.6 is 0 Å². The molecule has 1 aliphatic heterocycles. The van der Waals surface area contributed by atoms with Crippen molar-refractivity contribution in [1.82, 2.24) is 15.5 Å².